The van der Waals surface area contributed by atoms with Crippen molar-refractivity contribution in [1.82, 2.24) is 14.8 Å². The molecule has 0 radical (unpaired) electrons. The zero-order valence-electron chi connectivity index (χ0n) is 10.5. The highest BCUT2D eigenvalue weighted by molar-refractivity contribution is 5.75. The lowest BCUT2D eigenvalue weighted by molar-refractivity contribution is -0.0401. The summed E-state index contributed by atoms with van der Waals surface area (Å²) in [5.74, 6) is 0. The van der Waals surface area contributed by atoms with Gasteiger partial charge in [-0.25, -0.2) is 4.68 Å². The van der Waals surface area contributed by atoms with Crippen molar-refractivity contribution in [2.75, 3.05) is 6.61 Å². The quantitative estimate of drug-likeness (QED) is 0.792. The van der Waals surface area contributed by atoms with E-state index in [9.17, 15) is 4.79 Å². The van der Waals surface area contributed by atoms with Gasteiger partial charge in [0.2, 0.25) is 0 Å². The highest BCUT2D eigenvalue weighted by Crippen LogP contribution is 2.26. The van der Waals surface area contributed by atoms with Crippen LogP contribution in [0.4, 0.5) is 0 Å². The second-order valence-corrected chi connectivity index (χ2v) is 4.58. The molecule has 1 unspecified atom stereocenters. The minimum absolute atomic E-state index is 0.126. The van der Waals surface area contributed by atoms with Crippen molar-refractivity contribution in [2.24, 2.45) is 0 Å². The summed E-state index contributed by atoms with van der Waals surface area (Å²) in [6.07, 6.45) is 7.22. The van der Waals surface area contributed by atoms with Gasteiger partial charge in [-0.3, -0.25) is 9.78 Å². The molecule has 0 spiro atoms. The van der Waals surface area contributed by atoms with Crippen LogP contribution in [0.5, 0.6) is 0 Å². The largest absolute Gasteiger partial charge is 0.356 e. The smallest absolute Gasteiger partial charge is 0.168 e. The first-order chi connectivity index (χ1) is 9.38. The molecule has 0 aromatic carbocycles. The predicted molar refractivity (Wildman–Crippen MR) is 69.7 cm³/mol. The second-order valence-electron chi connectivity index (χ2n) is 4.58. The molecule has 19 heavy (non-hydrogen) atoms. The van der Waals surface area contributed by atoms with Crippen LogP contribution in [0.25, 0.3) is 11.3 Å². The molecule has 1 aliphatic rings. The Morgan fingerprint density at radius 2 is 2.37 bits per heavy atom. The molecule has 3 heterocycles. The van der Waals surface area contributed by atoms with Crippen molar-refractivity contribution in [3.63, 3.8) is 0 Å². The zero-order valence-corrected chi connectivity index (χ0v) is 10.5. The van der Waals surface area contributed by atoms with E-state index in [0.717, 1.165) is 43.4 Å². The maximum atomic E-state index is 11.2. The van der Waals surface area contributed by atoms with Crippen molar-refractivity contribution < 1.29 is 9.53 Å². The molecule has 1 aliphatic heterocycles. The lowest BCUT2D eigenvalue weighted by atomic mass is 10.2. The minimum atomic E-state index is -0.126. The van der Waals surface area contributed by atoms with Crippen LogP contribution in [0.2, 0.25) is 0 Å². The molecule has 0 bridgehead atoms. The van der Waals surface area contributed by atoms with E-state index >= 15 is 0 Å². The number of pyridine rings is 1. The number of carbonyl (C=O) groups excluding carboxylic acids is 1. The number of aldehydes is 1. The van der Waals surface area contributed by atoms with Gasteiger partial charge in [0.05, 0.1) is 5.69 Å². The third-order valence-corrected chi connectivity index (χ3v) is 3.27. The van der Waals surface area contributed by atoms with Gasteiger partial charge in [0.25, 0.3) is 0 Å². The molecule has 5 heteroatoms. The van der Waals surface area contributed by atoms with E-state index < -0.39 is 0 Å². The molecular weight excluding hydrogens is 242 g/mol. The summed E-state index contributed by atoms with van der Waals surface area (Å²) < 4.78 is 7.37. The summed E-state index contributed by atoms with van der Waals surface area (Å²) in [4.78, 5) is 15.3. The molecular formula is C14H15N3O2. The van der Waals surface area contributed by atoms with Gasteiger partial charge in [0, 0.05) is 24.6 Å². The van der Waals surface area contributed by atoms with Crippen LogP contribution in [-0.4, -0.2) is 27.7 Å². The van der Waals surface area contributed by atoms with Gasteiger partial charge >= 0.3 is 0 Å². The van der Waals surface area contributed by atoms with E-state index in [4.69, 9.17) is 4.74 Å². The van der Waals surface area contributed by atoms with E-state index in [0.29, 0.717) is 5.69 Å². The van der Waals surface area contributed by atoms with Crippen LogP contribution in [0, 0.1) is 0 Å². The van der Waals surface area contributed by atoms with Gasteiger partial charge in [-0.1, -0.05) is 0 Å². The Morgan fingerprint density at radius 3 is 3.05 bits per heavy atom. The Labute approximate surface area is 111 Å². The van der Waals surface area contributed by atoms with Gasteiger partial charge in [0.15, 0.2) is 12.5 Å². The number of nitrogens with zero attached hydrogens (tertiary/aromatic N) is 3. The van der Waals surface area contributed by atoms with E-state index in [1.165, 1.54) is 0 Å². The Kier molecular flexibility index (Phi) is 3.37. The average Bonchev–Trinajstić information content (AvgIpc) is 2.93. The first-order valence-corrected chi connectivity index (χ1v) is 6.45. The molecule has 2 aromatic rings. The summed E-state index contributed by atoms with van der Waals surface area (Å²) in [5.41, 5.74) is 2.20. The predicted octanol–water partition coefficient (Wildman–Crippen LogP) is 2.46. The number of carbonyl (C=O) groups is 1. The van der Waals surface area contributed by atoms with E-state index in [1.807, 2.05) is 12.1 Å². The molecule has 0 amide bonds. The zero-order chi connectivity index (χ0) is 13.1. The molecule has 3 rings (SSSR count). The SMILES string of the molecule is O=Cc1cc(-c2cccnc2)nn1C1CCCCO1. The van der Waals surface area contributed by atoms with Crippen LogP contribution < -0.4 is 0 Å². The molecule has 0 aliphatic carbocycles. The minimum Gasteiger partial charge on any atom is -0.356 e. The Hall–Kier alpha value is -2.01. The summed E-state index contributed by atoms with van der Waals surface area (Å²) in [6, 6.07) is 5.56. The Balaban J connectivity index is 1.96. The monoisotopic (exact) mass is 257 g/mol. The molecule has 1 fully saturated rings. The Morgan fingerprint density at radius 1 is 1.42 bits per heavy atom. The topological polar surface area (TPSA) is 57.0 Å². The van der Waals surface area contributed by atoms with Gasteiger partial charge in [0.1, 0.15) is 5.69 Å². The van der Waals surface area contributed by atoms with Crippen molar-refractivity contribution in [1.29, 1.82) is 0 Å². The van der Waals surface area contributed by atoms with Gasteiger partial charge < -0.3 is 4.74 Å². The maximum Gasteiger partial charge on any atom is 0.168 e. The van der Waals surface area contributed by atoms with Crippen LogP contribution in [0.15, 0.2) is 30.6 Å². The van der Waals surface area contributed by atoms with E-state index in [1.54, 1.807) is 23.1 Å². The fourth-order valence-corrected chi connectivity index (χ4v) is 2.30. The molecule has 1 atom stereocenters. The number of rotatable bonds is 3. The van der Waals surface area contributed by atoms with Crippen LogP contribution in [-0.2, 0) is 4.74 Å². The number of hydrogen-bond donors (Lipinski definition) is 0. The first kappa shape index (κ1) is 12.0. The van der Waals surface area contributed by atoms with Crippen LogP contribution in [0.3, 0.4) is 0 Å². The molecule has 1 saturated heterocycles. The van der Waals surface area contributed by atoms with E-state index in [2.05, 4.69) is 10.1 Å². The van der Waals surface area contributed by atoms with Crippen molar-refractivity contribution >= 4 is 6.29 Å². The van der Waals surface area contributed by atoms with Crippen LogP contribution in [0.1, 0.15) is 36.0 Å². The fourth-order valence-electron chi connectivity index (χ4n) is 2.30. The highest BCUT2D eigenvalue weighted by Gasteiger charge is 2.20. The maximum absolute atomic E-state index is 11.2. The lowest BCUT2D eigenvalue weighted by Crippen LogP contribution is -2.20. The van der Waals surface area contributed by atoms with E-state index in [-0.39, 0.29) is 6.23 Å². The number of hydrogen-bond acceptors (Lipinski definition) is 4. The van der Waals surface area contributed by atoms with Crippen molar-refractivity contribution in [3.05, 3.63) is 36.3 Å². The third kappa shape index (κ3) is 2.42. The Bertz CT molecular complexity index is 559. The summed E-state index contributed by atoms with van der Waals surface area (Å²) in [7, 11) is 0. The summed E-state index contributed by atoms with van der Waals surface area (Å²) in [6.45, 7) is 0.727. The van der Waals surface area contributed by atoms with Crippen molar-refractivity contribution in [2.45, 2.75) is 25.5 Å². The summed E-state index contributed by atoms with van der Waals surface area (Å²) >= 11 is 0. The third-order valence-electron chi connectivity index (χ3n) is 3.27. The van der Waals surface area contributed by atoms with Gasteiger partial charge in [-0.05, 0) is 37.5 Å². The van der Waals surface area contributed by atoms with Crippen LogP contribution >= 0.6 is 0 Å². The second kappa shape index (κ2) is 5.32. The van der Waals surface area contributed by atoms with Gasteiger partial charge in [-0.15, -0.1) is 0 Å². The molecule has 98 valence electrons. The van der Waals surface area contributed by atoms with Crippen molar-refractivity contribution in [3.8, 4) is 11.3 Å². The average molecular weight is 257 g/mol. The normalized spacial score (nSPS) is 19.3. The number of ether oxygens (including phenoxy) is 1. The molecule has 2 aromatic heterocycles. The first-order valence-electron chi connectivity index (χ1n) is 6.45. The lowest BCUT2D eigenvalue weighted by Gasteiger charge is -2.23. The molecule has 0 N–H and O–H groups in total. The standard InChI is InChI=1S/C14H15N3O2/c18-10-12-8-13(11-4-3-6-15-9-11)16-17(12)14-5-1-2-7-19-14/h3-4,6,8-10,14H,1-2,5,7H2. The highest BCUT2D eigenvalue weighted by atomic mass is 16.5. The molecule has 5 nitrogen and oxygen atoms in total. The number of aromatic nitrogens is 3. The van der Waals surface area contributed by atoms with Gasteiger partial charge in [-0.2, -0.15) is 5.10 Å². The fraction of sp³-hybridized carbons (Fsp3) is 0.357. The summed E-state index contributed by atoms with van der Waals surface area (Å²) in [5, 5.41) is 4.50. The molecule has 0 saturated carbocycles.